The van der Waals surface area contributed by atoms with Crippen LogP contribution >= 0.6 is 0 Å². The highest BCUT2D eigenvalue weighted by atomic mass is 16.7. The van der Waals surface area contributed by atoms with E-state index in [1.54, 1.807) is 24.5 Å². The van der Waals surface area contributed by atoms with E-state index in [0.717, 1.165) is 11.3 Å². The van der Waals surface area contributed by atoms with Gasteiger partial charge in [-0.2, -0.15) is 5.06 Å². The van der Waals surface area contributed by atoms with Crippen molar-refractivity contribution >= 4 is 6.34 Å². The molecule has 0 fully saturated rings. The fourth-order valence-electron chi connectivity index (χ4n) is 1.38. The first-order valence-electron chi connectivity index (χ1n) is 5.16. The van der Waals surface area contributed by atoms with Crippen molar-refractivity contribution in [3.8, 4) is 5.75 Å². The summed E-state index contributed by atoms with van der Waals surface area (Å²) in [7, 11) is 0. The quantitative estimate of drug-likeness (QED) is 0.842. The van der Waals surface area contributed by atoms with Crippen LogP contribution in [-0.2, 0) is 0 Å². The number of benzene rings is 1. The molecule has 0 spiro atoms. The number of hydroxylamine groups is 2. The molecule has 0 aromatic heterocycles. The van der Waals surface area contributed by atoms with Crippen LogP contribution in [0.2, 0.25) is 0 Å². The number of aliphatic hydroxyl groups is 1. The molecule has 84 valence electrons. The third-order valence-corrected chi connectivity index (χ3v) is 2.26. The van der Waals surface area contributed by atoms with Crippen LogP contribution < -0.4 is 4.84 Å². The second kappa shape index (κ2) is 4.81. The summed E-state index contributed by atoms with van der Waals surface area (Å²) in [5.41, 5.74) is 0.875. The highest BCUT2D eigenvalue weighted by Crippen LogP contribution is 2.17. The Kier molecular flexibility index (Phi) is 3.22. The van der Waals surface area contributed by atoms with E-state index < -0.39 is 6.10 Å². The Labute approximate surface area is 94.4 Å². The molecule has 1 heterocycles. The smallest absolute Gasteiger partial charge is 0.155 e. The minimum absolute atomic E-state index is 0.450. The Morgan fingerprint density at radius 1 is 1.38 bits per heavy atom. The molecule has 0 saturated carbocycles. The standard InChI is InChI=1S/C12H14N2O2/c1-10(15)11-3-5-12(6-4-11)16-14-8-2-7-13-9-14/h2-7,9-10,15H,8H2,1H3. The lowest BCUT2D eigenvalue weighted by Crippen LogP contribution is -2.27. The summed E-state index contributed by atoms with van der Waals surface area (Å²) in [6.07, 6.45) is 4.82. The Bertz CT molecular complexity index is 396. The number of aliphatic hydroxyl groups excluding tert-OH is 1. The molecule has 1 aliphatic heterocycles. The zero-order chi connectivity index (χ0) is 11.4. The van der Waals surface area contributed by atoms with Gasteiger partial charge in [-0.05, 0) is 30.7 Å². The minimum atomic E-state index is -0.450. The van der Waals surface area contributed by atoms with E-state index in [2.05, 4.69) is 4.99 Å². The molecule has 1 unspecified atom stereocenters. The third kappa shape index (κ3) is 2.61. The molecule has 0 aliphatic carbocycles. The maximum absolute atomic E-state index is 9.35. The SMILES string of the molecule is CC(O)c1ccc(ON2C=NC=CC2)cc1. The second-order valence-corrected chi connectivity index (χ2v) is 3.59. The van der Waals surface area contributed by atoms with Gasteiger partial charge >= 0.3 is 0 Å². The van der Waals surface area contributed by atoms with E-state index in [4.69, 9.17) is 4.84 Å². The highest BCUT2D eigenvalue weighted by molar-refractivity contribution is 5.56. The molecule has 4 heteroatoms. The Morgan fingerprint density at radius 2 is 2.12 bits per heavy atom. The van der Waals surface area contributed by atoms with Crippen molar-refractivity contribution in [3.63, 3.8) is 0 Å². The van der Waals surface area contributed by atoms with Crippen molar-refractivity contribution < 1.29 is 9.94 Å². The van der Waals surface area contributed by atoms with Gasteiger partial charge < -0.3 is 9.94 Å². The van der Waals surface area contributed by atoms with Crippen LogP contribution in [0.5, 0.6) is 5.75 Å². The van der Waals surface area contributed by atoms with Gasteiger partial charge in [-0.25, -0.2) is 4.99 Å². The molecular weight excluding hydrogens is 204 g/mol. The van der Waals surface area contributed by atoms with Gasteiger partial charge in [0.1, 0.15) is 6.34 Å². The first kappa shape index (κ1) is 10.7. The zero-order valence-corrected chi connectivity index (χ0v) is 9.08. The fourth-order valence-corrected chi connectivity index (χ4v) is 1.38. The fraction of sp³-hybridized carbons (Fsp3) is 0.250. The summed E-state index contributed by atoms with van der Waals surface area (Å²) in [6, 6.07) is 7.34. The van der Waals surface area contributed by atoms with Crippen LogP contribution in [0.25, 0.3) is 0 Å². The molecule has 0 bridgehead atoms. The van der Waals surface area contributed by atoms with E-state index in [1.807, 2.05) is 30.3 Å². The largest absolute Gasteiger partial charge is 0.389 e. The number of rotatable bonds is 3. The average molecular weight is 218 g/mol. The Hall–Kier alpha value is -1.81. The Balaban J connectivity index is 1.99. The lowest BCUT2D eigenvalue weighted by Gasteiger charge is -2.19. The van der Waals surface area contributed by atoms with Crippen LogP contribution in [0.1, 0.15) is 18.6 Å². The van der Waals surface area contributed by atoms with Crippen molar-refractivity contribution in [2.24, 2.45) is 4.99 Å². The Morgan fingerprint density at radius 3 is 2.69 bits per heavy atom. The summed E-state index contributed by atoms with van der Waals surface area (Å²) in [5, 5.41) is 11.0. The number of nitrogens with zero attached hydrogens (tertiary/aromatic N) is 2. The maximum Gasteiger partial charge on any atom is 0.155 e. The third-order valence-electron chi connectivity index (χ3n) is 2.26. The van der Waals surface area contributed by atoms with Gasteiger partial charge in [-0.1, -0.05) is 12.1 Å². The summed E-state index contributed by atoms with van der Waals surface area (Å²) < 4.78 is 0. The van der Waals surface area contributed by atoms with Gasteiger partial charge in [0.25, 0.3) is 0 Å². The molecule has 0 saturated heterocycles. The topological polar surface area (TPSA) is 45.1 Å². The van der Waals surface area contributed by atoms with Crippen molar-refractivity contribution in [1.82, 2.24) is 5.06 Å². The summed E-state index contributed by atoms with van der Waals surface area (Å²) in [4.78, 5) is 9.50. The summed E-state index contributed by atoms with van der Waals surface area (Å²) >= 11 is 0. The monoisotopic (exact) mass is 218 g/mol. The molecule has 1 atom stereocenters. The number of hydrogen-bond donors (Lipinski definition) is 1. The second-order valence-electron chi connectivity index (χ2n) is 3.59. The van der Waals surface area contributed by atoms with Gasteiger partial charge in [0.15, 0.2) is 5.75 Å². The van der Waals surface area contributed by atoms with Gasteiger partial charge in [0.05, 0.1) is 12.6 Å². The molecule has 4 nitrogen and oxygen atoms in total. The van der Waals surface area contributed by atoms with E-state index in [9.17, 15) is 5.11 Å². The number of hydrogen-bond acceptors (Lipinski definition) is 4. The van der Waals surface area contributed by atoms with E-state index >= 15 is 0 Å². The van der Waals surface area contributed by atoms with Crippen molar-refractivity contribution in [1.29, 1.82) is 0 Å². The molecule has 1 aromatic carbocycles. The van der Waals surface area contributed by atoms with Crippen molar-refractivity contribution in [3.05, 3.63) is 42.1 Å². The first-order chi connectivity index (χ1) is 7.75. The van der Waals surface area contributed by atoms with Crippen LogP contribution in [0.15, 0.2) is 41.5 Å². The van der Waals surface area contributed by atoms with Crippen molar-refractivity contribution in [2.75, 3.05) is 6.54 Å². The normalized spacial score (nSPS) is 16.2. The zero-order valence-electron chi connectivity index (χ0n) is 9.08. The lowest BCUT2D eigenvalue weighted by atomic mass is 10.1. The molecule has 0 amide bonds. The molecular formula is C12H14N2O2. The van der Waals surface area contributed by atoms with E-state index in [-0.39, 0.29) is 0 Å². The van der Waals surface area contributed by atoms with Gasteiger partial charge in [0, 0.05) is 6.20 Å². The molecule has 1 aromatic rings. The molecule has 16 heavy (non-hydrogen) atoms. The maximum atomic E-state index is 9.35. The van der Waals surface area contributed by atoms with Crippen LogP contribution in [0, 0.1) is 0 Å². The molecule has 0 radical (unpaired) electrons. The summed E-state index contributed by atoms with van der Waals surface area (Å²) in [6.45, 7) is 2.42. The number of aliphatic imine (C=N–C) groups is 1. The van der Waals surface area contributed by atoms with Gasteiger partial charge in [-0.3, -0.25) is 0 Å². The predicted molar refractivity (Wildman–Crippen MR) is 62.0 cm³/mol. The van der Waals surface area contributed by atoms with Crippen molar-refractivity contribution in [2.45, 2.75) is 13.0 Å². The van der Waals surface area contributed by atoms with Gasteiger partial charge in [0.2, 0.25) is 0 Å². The van der Waals surface area contributed by atoms with Crippen LogP contribution in [-0.4, -0.2) is 23.1 Å². The van der Waals surface area contributed by atoms with Gasteiger partial charge in [-0.15, -0.1) is 0 Å². The van der Waals surface area contributed by atoms with E-state index in [0.29, 0.717) is 6.54 Å². The highest BCUT2D eigenvalue weighted by Gasteiger charge is 2.04. The predicted octanol–water partition coefficient (Wildman–Crippen LogP) is 1.89. The van der Waals surface area contributed by atoms with Crippen LogP contribution in [0.3, 0.4) is 0 Å². The van der Waals surface area contributed by atoms with E-state index in [1.165, 1.54) is 0 Å². The molecule has 1 N–H and O–H groups in total. The molecule has 1 aliphatic rings. The van der Waals surface area contributed by atoms with Crippen LogP contribution in [0.4, 0.5) is 0 Å². The molecule has 2 rings (SSSR count). The lowest BCUT2D eigenvalue weighted by molar-refractivity contribution is 0.0361. The average Bonchev–Trinajstić information content (AvgIpc) is 2.31. The minimum Gasteiger partial charge on any atom is -0.389 e. The first-order valence-corrected chi connectivity index (χ1v) is 5.16. The summed E-state index contributed by atoms with van der Waals surface area (Å²) in [5.74, 6) is 0.728.